The summed E-state index contributed by atoms with van der Waals surface area (Å²) in [6.07, 6.45) is 12.4. The summed E-state index contributed by atoms with van der Waals surface area (Å²) in [5.74, 6) is 2.47. The van der Waals surface area contributed by atoms with E-state index in [2.05, 4.69) is 19.1 Å². The van der Waals surface area contributed by atoms with Gasteiger partial charge in [0.1, 0.15) is 0 Å². The zero-order chi connectivity index (χ0) is 10.5. The van der Waals surface area contributed by atoms with Crippen molar-refractivity contribution in [1.82, 2.24) is 0 Å². The molecule has 0 amide bonds. The minimum atomic E-state index is -0.0154. The highest BCUT2D eigenvalue weighted by Gasteiger charge is 2.51. The highest BCUT2D eigenvalue weighted by molar-refractivity contribution is 5.20. The minimum absolute atomic E-state index is 0.0154. The van der Waals surface area contributed by atoms with Gasteiger partial charge in [-0.15, -0.1) is 0 Å². The second-order valence-electron chi connectivity index (χ2n) is 6.09. The lowest BCUT2D eigenvalue weighted by molar-refractivity contribution is 0.0438. The van der Waals surface area contributed by atoms with Crippen LogP contribution in [0.1, 0.15) is 45.4 Å². The number of aliphatic hydroxyl groups excluding tert-OH is 1. The van der Waals surface area contributed by atoms with Crippen LogP contribution in [-0.2, 0) is 0 Å². The summed E-state index contributed by atoms with van der Waals surface area (Å²) in [6.45, 7) is 2.42. The molecule has 3 rings (SSSR count). The average Bonchev–Trinajstić information content (AvgIpc) is 2.75. The predicted octanol–water partition coefficient (Wildman–Crippen LogP) is 3.14. The van der Waals surface area contributed by atoms with Crippen molar-refractivity contribution in [2.45, 2.75) is 51.6 Å². The first-order valence-electron chi connectivity index (χ1n) is 6.58. The van der Waals surface area contributed by atoms with Gasteiger partial charge in [0.15, 0.2) is 0 Å². The van der Waals surface area contributed by atoms with E-state index in [0.29, 0.717) is 5.41 Å². The molecule has 0 saturated heterocycles. The Labute approximate surface area is 92.6 Å². The van der Waals surface area contributed by atoms with Gasteiger partial charge in [-0.2, -0.15) is 0 Å². The standard InChI is InChI=1S/C14H22O/c1-10-7-11-5-6-14(10,9-11)12-3-2-4-13(15)8-12/h5-6,10-13,15H,2-4,7-9H2,1H3. The van der Waals surface area contributed by atoms with Gasteiger partial charge >= 0.3 is 0 Å². The molecule has 1 nitrogen and oxygen atoms in total. The van der Waals surface area contributed by atoms with Gasteiger partial charge < -0.3 is 5.11 Å². The fourth-order valence-corrected chi connectivity index (χ4v) is 4.46. The van der Waals surface area contributed by atoms with Crippen molar-refractivity contribution in [2.24, 2.45) is 23.2 Å². The Kier molecular flexibility index (Phi) is 2.21. The number of rotatable bonds is 1. The lowest BCUT2D eigenvalue weighted by Crippen LogP contribution is -2.35. The Hall–Kier alpha value is -0.300. The number of aliphatic hydroxyl groups is 1. The van der Waals surface area contributed by atoms with Gasteiger partial charge in [0, 0.05) is 0 Å². The van der Waals surface area contributed by atoms with E-state index in [1.165, 1.54) is 25.7 Å². The second kappa shape index (κ2) is 3.35. The second-order valence-corrected chi connectivity index (χ2v) is 6.09. The van der Waals surface area contributed by atoms with Gasteiger partial charge in [-0.1, -0.05) is 25.5 Å². The van der Waals surface area contributed by atoms with E-state index in [1.807, 2.05) is 0 Å². The quantitative estimate of drug-likeness (QED) is 0.653. The van der Waals surface area contributed by atoms with Crippen LogP contribution >= 0.6 is 0 Å². The lowest BCUT2D eigenvalue weighted by atomic mass is 9.64. The fraction of sp³-hybridized carbons (Fsp3) is 0.857. The van der Waals surface area contributed by atoms with Crippen LogP contribution in [0.2, 0.25) is 0 Å². The smallest absolute Gasteiger partial charge is 0.0543 e. The minimum Gasteiger partial charge on any atom is -0.393 e. The van der Waals surface area contributed by atoms with Crippen molar-refractivity contribution < 1.29 is 5.11 Å². The number of hydrogen-bond donors (Lipinski definition) is 1. The van der Waals surface area contributed by atoms with Crippen molar-refractivity contribution in [2.75, 3.05) is 0 Å². The summed E-state index contributed by atoms with van der Waals surface area (Å²) in [4.78, 5) is 0. The topological polar surface area (TPSA) is 20.2 Å². The SMILES string of the molecule is CC1CC2C=CC1(C1CCCC(O)C1)C2. The van der Waals surface area contributed by atoms with E-state index in [1.54, 1.807) is 0 Å². The molecular weight excluding hydrogens is 184 g/mol. The monoisotopic (exact) mass is 206 g/mol. The molecule has 0 radical (unpaired) electrons. The van der Waals surface area contributed by atoms with Crippen molar-refractivity contribution >= 4 is 0 Å². The molecule has 0 aromatic heterocycles. The zero-order valence-corrected chi connectivity index (χ0v) is 9.65. The van der Waals surface area contributed by atoms with Crippen LogP contribution in [0.15, 0.2) is 12.2 Å². The predicted molar refractivity (Wildman–Crippen MR) is 61.4 cm³/mol. The Morgan fingerprint density at radius 1 is 1.27 bits per heavy atom. The van der Waals surface area contributed by atoms with Crippen LogP contribution in [0.25, 0.3) is 0 Å². The van der Waals surface area contributed by atoms with Crippen molar-refractivity contribution in [3.63, 3.8) is 0 Å². The molecule has 3 aliphatic rings. The van der Waals surface area contributed by atoms with Gasteiger partial charge in [0.25, 0.3) is 0 Å². The van der Waals surface area contributed by atoms with Crippen molar-refractivity contribution in [3.05, 3.63) is 12.2 Å². The molecule has 0 aliphatic heterocycles. The number of fused-ring (bicyclic) bond motifs is 2. The molecule has 5 unspecified atom stereocenters. The molecule has 15 heavy (non-hydrogen) atoms. The van der Waals surface area contributed by atoms with Crippen LogP contribution in [0.3, 0.4) is 0 Å². The van der Waals surface area contributed by atoms with Crippen LogP contribution in [0.5, 0.6) is 0 Å². The van der Waals surface area contributed by atoms with Crippen LogP contribution in [-0.4, -0.2) is 11.2 Å². The van der Waals surface area contributed by atoms with Gasteiger partial charge in [-0.05, 0) is 55.3 Å². The van der Waals surface area contributed by atoms with E-state index in [0.717, 1.165) is 30.6 Å². The molecule has 3 aliphatic carbocycles. The summed E-state index contributed by atoms with van der Waals surface area (Å²) in [6, 6.07) is 0. The maximum Gasteiger partial charge on any atom is 0.0543 e. The molecule has 1 heteroatoms. The molecule has 0 spiro atoms. The van der Waals surface area contributed by atoms with E-state index < -0.39 is 0 Å². The molecule has 0 heterocycles. The van der Waals surface area contributed by atoms with Gasteiger partial charge in [-0.25, -0.2) is 0 Å². The molecule has 0 aromatic rings. The van der Waals surface area contributed by atoms with E-state index >= 15 is 0 Å². The summed E-state index contributed by atoms with van der Waals surface area (Å²) < 4.78 is 0. The van der Waals surface area contributed by atoms with Gasteiger partial charge in [-0.3, -0.25) is 0 Å². The Bertz CT molecular complexity index is 283. The van der Waals surface area contributed by atoms with Crippen LogP contribution in [0, 0.1) is 23.2 Å². The molecule has 0 aromatic carbocycles. The number of hydrogen-bond acceptors (Lipinski definition) is 1. The third-order valence-corrected chi connectivity index (χ3v) is 5.27. The summed E-state index contributed by atoms with van der Waals surface area (Å²) >= 11 is 0. The molecule has 1 N–H and O–H groups in total. The van der Waals surface area contributed by atoms with Gasteiger partial charge in [0.2, 0.25) is 0 Å². The van der Waals surface area contributed by atoms with E-state index in [4.69, 9.17) is 0 Å². The van der Waals surface area contributed by atoms with Crippen molar-refractivity contribution in [1.29, 1.82) is 0 Å². The molecular formula is C14H22O. The lowest BCUT2D eigenvalue weighted by Gasteiger charge is -2.42. The third kappa shape index (κ3) is 1.39. The fourth-order valence-electron chi connectivity index (χ4n) is 4.46. The molecule has 2 fully saturated rings. The largest absolute Gasteiger partial charge is 0.393 e. The van der Waals surface area contributed by atoms with Crippen LogP contribution < -0.4 is 0 Å². The molecule has 84 valence electrons. The van der Waals surface area contributed by atoms with Crippen molar-refractivity contribution in [3.8, 4) is 0 Å². The normalized spacial score (nSPS) is 53.7. The van der Waals surface area contributed by atoms with E-state index in [9.17, 15) is 5.11 Å². The number of allylic oxidation sites excluding steroid dienone is 2. The highest BCUT2D eigenvalue weighted by Crippen LogP contribution is 2.59. The highest BCUT2D eigenvalue weighted by atomic mass is 16.3. The molecule has 2 bridgehead atoms. The molecule has 5 atom stereocenters. The molecule has 2 saturated carbocycles. The van der Waals surface area contributed by atoms with Gasteiger partial charge in [0.05, 0.1) is 6.10 Å². The first-order valence-corrected chi connectivity index (χ1v) is 6.58. The first-order chi connectivity index (χ1) is 7.21. The third-order valence-electron chi connectivity index (χ3n) is 5.27. The van der Waals surface area contributed by atoms with E-state index in [-0.39, 0.29) is 6.10 Å². The summed E-state index contributed by atoms with van der Waals surface area (Å²) in [5, 5.41) is 9.83. The maximum atomic E-state index is 9.83. The van der Waals surface area contributed by atoms with Crippen LogP contribution in [0.4, 0.5) is 0 Å². The Morgan fingerprint density at radius 2 is 2.13 bits per heavy atom. The summed E-state index contributed by atoms with van der Waals surface area (Å²) in [5.41, 5.74) is 0.478. The Balaban J connectivity index is 1.83. The average molecular weight is 206 g/mol. The first kappa shape index (κ1) is 9.89. The maximum absolute atomic E-state index is 9.83. The summed E-state index contributed by atoms with van der Waals surface area (Å²) in [7, 11) is 0. The zero-order valence-electron chi connectivity index (χ0n) is 9.65. The Morgan fingerprint density at radius 3 is 2.73 bits per heavy atom.